The molecular weight excluding hydrogens is 606 g/mol. The number of fused-ring (bicyclic) bond motifs is 1. The molecule has 0 radical (unpaired) electrons. The highest BCUT2D eigenvalue weighted by Crippen LogP contribution is 2.36. The molecule has 3 aromatic carbocycles. The molecule has 0 saturated heterocycles. The summed E-state index contributed by atoms with van der Waals surface area (Å²) in [6, 6.07) is 18.8. The first-order valence-corrected chi connectivity index (χ1v) is 16.9. The summed E-state index contributed by atoms with van der Waals surface area (Å²) in [5, 5.41) is 9.64. The third kappa shape index (κ3) is 8.52. The lowest BCUT2D eigenvalue weighted by Crippen LogP contribution is -2.35. The molecule has 3 N–H and O–H groups in total. The molecule has 242 valence electrons. The molecule has 5 rings (SSSR count). The lowest BCUT2D eigenvalue weighted by atomic mass is 9.93. The van der Waals surface area contributed by atoms with Crippen molar-refractivity contribution in [1.29, 1.82) is 0 Å². The van der Waals surface area contributed by atoms with E-state index in [1.165, 1.54) is 5.56 Å². The van der Waals surface area contributed by atoms with Crippen LogP contribution in [0, 0.1) is 13.8 Å². The van der Waals surface area contributed by atoms with Crippen molar-refractivity contribution in [2.24, 2.45) is 0 Å². The molecule has 0 bridgehead atoms. The van der Waals surface area contributed by atoms with Crippen molar-refractivity contribution in [3.8, 4) is 16.9 Å². The van der Waals surface area contributed by atoms with Crippen LogP contribution in [0.2, 0.25) is 0 Å². The molecule has 46 heavy (non-hydrogen) atoms. The van der Waals surface area contributed by atoms with E-state index in [0.29, 0.717) is 38.2 Å². The molecule has 0 fully saturated rings. The number of anilines is 2. The summed E-state index contributed by atoms with van der Waals surface area (Å²) < 4.78 is 38.3. The minimum Gasteiger partial charge on any atom is -0.493 e. The van der Waals surface area contributed by atoms with E-state index in [0.717, 1.165) is 52.1 Å². The third-order valence-corrected chi connectivity index (χ3v) is 8.74. The van der Waals surface area contributed by atoms with Gasteiger partial charge in [-0.05, 0) is 85.2 Å². The normalized spacial score (nSPS) is 12.8. The number of nitrogens with zero attached hydrogens (tertiary/aromatic N) is 3. The number of benzene rings is 3. The van der Waals surface area contributed by atoms with Crippen LogP contribution >= 0.6 is 0 Å². The SMILES string of the molecule is Cc1cccc(OCCCC(=O)N2CCCc3c(-c4cnn(Cc5cccc(NC(=O)NCCS(=O)(=O)O)c5)c4)cccc32)c1C. The van der Waals surface area contributed by atoms with E-state index in [1.807, 2.05) is 71.4 Å². The Hall–Kier alpha value is -4.68. The molecule has 0 spiro atoms. The number of carbonyl (C=O) groups is 2. The van der Waals surface area contributed by atoms with Crippen molar-refractivity contribution in [2.75, 3.05) is 35.7 Å². The Balaban J connectivity index is 1.20. The number of amides is 3. The third-order valence-electron chi connectivity index (χ3n) is 8.02. The van der Waals surface area contributed by atoms with E-state index < -0.39 is 21.9 Å². The number of nitrogens with one attached hydrogen (secondary N) is 2. The van der Waals surface area contributed by atoms with Crippen LogP contribution in [-0.2, 0) is 27.9 Å². The van der Waals surface area contributed by atoms with Crippen LogP contribution in [0.4, 0.5) is 16.2 Å². The Morgan fingerprint density at radius 2 is 1.87 bits per heavy atom. The Bertz CT molecular complexity index is 1820. The number of carbonyl (C=O) groups excluding carboxylic acids is 2. The van der Waals surface area contributed by atoms with E-state index in [2.05, 4.69) is 34.8 Å². The highest BCUT2D eigenvalue weighted by molar-refractivity contribution is 7.85. The number of hydrogen-bond donors (Lipinski definition) is 3. The molecule has 1 aliphatic heterocycles. The smallest absolute Gasteiger partial charge is 0.319 e. The molecule has 1 aliphatic rings. The van der Waals surface area contributed by atoms with Crippen molar-refractivity contribution < 1.29 is 27.3 Å². The summed E-state index contributed by atoms with van der Waals surface area (Å²) in [4.78, 5) is 27.3. The molecule has 0 saturated carbocycles. The van der Waals surface area contributed by atoms with Crippen LogP contribution in [0.1, 0.15) is 41.5 Å². The minimum absolute atomic E-state index is 0.0963. The van der Waals surface area contributed by atoms with Crippen LogP contribution in [-0.4, -0.2) is 60.1 Å². The van der Waals surface area contributed by atoms with E-state index in [4.69, 9.17) is 9.29 Å². The fraction of sp³-hybridized carbons (Fsp3) is 0.324. The zero-order valence-corrected chi connectivity index (χ0v) is 26.8. The second-order valence-corrected chi connectivity index (χ2v) is 13.0. The fourth-order valence-electron chi connectivity index (χ4n) is 5.57. The Morgan fingerprint density at radius 1 is 1.07 bits per heavy atom. The van der Waals surface area contributed by atoms with Gasteiger partial charge in [-0.15, -0.1) is 0 Å². The average molecular weight is 646 g/mol. The summed E-state index contributed by atoms with van der Waals surface area (Å²) in [6.07, 6.45) is 6.60. The first kappa shape index (κ1) is 32.7. The van der Waals surface area contributed by atoms with Gasteiger partial charge in [0.1, 0.15) is 5.75 Å². The van der Waals surface area contributed by atoms with Gasteiger partial charge in [0.2, 0.25) is 5.91 Å². The van der Waals surface area contributed by atoms with E-state index in [-0.39, 0.29) is 12.5 Å². The second-order valence-electron chi connectivity index (χ2n) is 11.4. The quantitative estimate of drug-likeness (QED) is 0.139. The summed E-state index contributed by atoms with van der Waals surface area (Å²) in [7, 11) is -4.15. The van der Waals surface area contributed by atoms with Gasteiger partial charge >= 0.3 is 6.03 Å². The molecule has 1 aromatic heterocycles. The molecule has 0 atom stereocenters. The topological polar surface area (TPSA) is 143 Å². The number of urea groups is 1. The van der Waals surface area contributed by atoms with Gasteiger partial charge in [0.25, 0.3) is 10.1 Å². The van der Waals surface area contributed by atoms with Gasteiger partial charge in [-0.1, -0.05) is 36.4 Å². The Labute approximate surface area is 269 Å². The van der Waals surface area contributed by atoms with Crippen LogP contribution < -0.4 is 20.3 Å². The number of aromatic nitrogens is 2. The minimum atomic E-state index is -4.15. The van der Waals surface area contributed by atoms with Gasteiger partial charge < -0.3 is 20.3 Å². The first-order valence-electron chi connectivity index (χ1n) is 15.3. The Kier molecular flexibility index (Phi) is 10.4. The lowest BCUT2D eigenvalue weighted by Gasteiger charge is -2.31. The predicted molar refractivity (Wildman–Crippen MR) is 178 cm³/mol. The number of rotatable bonds is 12. The molecule has 2 heterocycles. The molecular formula is C34H39N5O6S. The van der Waals surface area contributed by atoms with Crippen molar-refractivity contribution in [3.63, 3.8) is 0 Å². The van der Waals surface area contributed by atoms with Gasteiger partial charge in [-0.3, -0.25) is 14.0 Å². The predicted octanol–water partition coefficient (Wildman–Crippen LogP) is 5.36. The van der Waals surface area contributed by atoms with E-state index >= 15 is 0 Å². The monoisotopic (exact) mass is 645 g/mol. The van der Waals surface area contributed by atoms with Crippen LogP contribution in [0.15, 0.2) is 73.1 Å². The van der Waals surface area contributed by atoms with Crippen molar-refractivity contribution in [1.82, 2.24) is 15.1 Å². The molecule has 0 aliphatic carbocycles. The van der Waals surface area contributed by atoms with Crippen LogP contribution in [0.5, 0.6) is 5.75 Å². The van der Waals surface area contributed by atoms with Gasteiger partial charge in [0, 0.05) is 42.6 Å². The average Bonchev–Trinajstić information content (AvgIpc) is 3.48. The van der Waals surface area contributed by atoms with Gasteiger partial charge in [0.05, 0.1) is 25.1 Å². The van der Waals surface area contributed by atoms with Crippen LogP contribution in [0.25, 0.3) is 11.1 Å². The highest BCUT2D eigenvalue weighted by Gasteiger charge is 2.25. The van der Waals surface area contributed by atoms with Crippen molar-refractivity contribution >= 4 is 33.4 Å². The van der Waals surface area contributed by atoms with Crippen LogP contribution in [0.3, 0.4) is 0 Å². The maximum Gasteiger partial charge on any atom is 0.319 e. The number of hydrogen-bond acceptors (Lipinski definition) is 6. The second kappa shape index (κ2) is 14.6. The summed E-state index contributed by atoms with van der Waals surface area (Å²) in [5.74, 6) is 0.397. The molecule has 0 unspecified atom stereocenters. The van der Waals surface area contributed by atoms with Gasteiger partial charge in [0.15, 0.2) is 0 Å². The van der Waals surface area contributed by atoms with Crippen molar-refractivity contribution in [2.45, 2.75) is 46.1 Å². The molecule has 11 nitrogen and oxygen atoms in total. The zero-order valence-electron chi connectivity index (χ0n) is 26.0. The number of ether oxygens (including phenoxy) is 1. The largest absolute Gasteiger partial charge is 0.493 e. The maximum atomic E-state index is 13.3. The highest BCUT2D eigenvalue weighted by atomic mass is 32.2. The van der Waals surface area contributed by atoms with Crippen molar-refractivity contribution in [3.05, 3.63) is 95.3 Å². The summed E-state index contributed by atoms with van der Waals surface area (Å²) in [6.45, 7) is 5.53. The molecule has 4 aromatic rings. The lowest BCUT2D eigenvalue weighted by molar-refractivity contribution is -0.118. The Morgan fingerprint density at radius 3 is 2.70 bits per heavy atom. The molecule has 12 heteroatoms. The summed E-state index contributed by atoms with van der Waals surface area (Å²) in [5.41, 5.74) is 7.84. The first-order chi connectivity index (χ1) is 22.1. The molecule has 3 amide bonds. The maximum absolute atomic E-state index is 13.3. The number of aryl methyl sites for hydroxylation is 1. The van der Waals surface area contributed by atoms with E-state index in [9.17, 15) is 18.0 Å². The van der Waals surface area contributed by atoms with Gasteiger partial charge in [-0.25, -0.2) is 4.79 Å². The van der Waals surface area contributed by atoms with Gasteiger partial charge in [-0.2, -0.15) is 13.5 Å². The summed E-state index contributed by atoms with van der Waals surface area (Å²) >= 11 is 0. The standard InChI is InChI=1S/C34H39N5O6S/c1-24-8-3-14-32(25(24)2)45-18-7-15-33(40)39-17-6-12-30-29(11-5-13-31(30)39)27-21-36-38(23-27)22-26-9-4-10-28(20-26)37-34(41)35-16-19-46(42,43)44/h3-5,8-11,13-14,20-21,23H,6-7,12,15-19,22H2,1-2H3,(H2,35,37,41)(H,42,43,44). The zero-order chi connectivity index (χ0) is 32.7. The van der Waals surface area contributed by atoms with E-state index in [1.54, 1.807) is 6.07 Å². The fourth-order valence-corrected chi connectivity index (χ4v) is 5.93.